The molecule has 0 aliphatic heterocycles. The summed E-state index contributed by atoms with van der Waals surface area (Å²) in [4.78, 5) is 52.3. The van der Waals surface area contributed by atoms with Crippen molar-refractivity contribution in [3.8, 4) is 0 Å². The van der Waals surface area contributed by atoms with Crippen molar-refractivity contribution in [3.63, 3.8) is 0 Å². The van der Waals surface area contributed by atoms with Crippen LogP contribution in [0.15, 0.2) is 11.6 Å². The molecule has 0 saturated heterocycles. The molecule has 0 aromatic heterocycles. The van der Waals surface area contributed by atoms with Crippen molar-refractivity contribution >= 4 is 23.3 Å². The second-order valence-corrected chi connectivity index (χ2v) is 15.0. The van der Waals surface area contributed by atoms with Gasteiger partial charge in [0.05, 0.1) is 18.1 Å². The molecule has 4 N–H and O–H groups in total. The highest BCUT2D eigenvalue weighted by Gasteiger charge is 2.75. The number of carbonyl (C=O) groups excluding carboxylic acids is 4. The van der Waals surface area contributed by atoms with E-state index in [1.165, 1.54) is 13.8 Å². The third-order valence-corrected chi connectivity index (χ3v) is 11.9. The minimum atomic E-state index is -1.97. The summed E-state index contributed by atoms with van der Waals surface area (Å²) in [6, 6.07) is 0. The normalized spacial score (nSPS) is 41.5. The van der Waals surface area contributed by atoms with Crippen LogP contribution in [0, 0.1) is 39.4 Å². The molecule has 3 saturated carbocycles. The molecule has 0 amide bonds. The maximum Gasteiger partial charge on any atom is 0.303 e. The predicted molar refractivity (Wildman–Crippen MR) is 149 cm³/mol. The van der Waals surface area contributed by atoms with Gasteiger partial charge in [0.2, 0.25) is 0 Å². The van der Waals surface area contributed by atoms with E-state index in [0.717, 1.165) is 5.57 Å². The maximum absolute atomic E-state index is 14.4. The summed E-state index contributed by atoms with van der Waals surface area (Å²) in [5, 5.41) is 45.1. The van der Waals surface area contributed by atoms with Gasteiger partial charge in [0.25, 0.3) is 0 Å². The van der Waals surface area contributed by atoms with E-state index in [-0.39, 0.29) is 43.7 Å². The Balaban J connectivity index is 1.74. The van der Waals surface area contributed by atoms with Crippen LogP contribution in [0.3, 0.4) is 0 Å². The predicted octanol–water partition coefficient (Wildman–Crippen LogP) is 2.70. The number of ketones is 3. The van der Waals surface area contributed by atoms with E-state index in [1.807, 2.05) is 19.9 Å². The number of Topliss-reactive ketones (excluding diaryl/α,β-unsaturated/α-hetero) is 3. The van der Waals surface area contributed by atoms with Crippen molar-refractivity contribution in [3.05, 3.63) is 11.6 Å². The van der Waals surface area contributed by atoms with Crippen LogP contribution in [0.4, 0.5) is 0 Å². The third kappa shape index (κ3) is 4.40. The molecule has 230 valence electrons. The van der Waals surface area contributed by atoms with E-state index in [9.17, 15) is 39.6 Å². The number of carbonyl (C=O) groups is 4. The van der Waals surface area contributed by atoms with Crippen molar-refractivity contribution < 1.29 is 44.3 Å². The molecule has 0 heterocycles. The standard InChI is InChI=1S/C32H48O9/c1-17(34)41-27(2,3)12-11-23(37)31(8,40)25-21(36)14-29(6)22-10-9-18-19(13-20(35)26(39)28(18,4)5)32(22,16-33)24(38)15-30(25,29)7/h9,19-22,25,33,35-36,40H,10-16H2,1-8H3. The number of hydrogen-bond donors (Lipinski definition) is 4. The van der Waals surface area contributed by atoms with Crippen molar-refractivity contribution in [2.45, 2.75) is 117 Å². The van der Waals surface area contributed by atoms with Crippen LogP contribution >= 0.6 is 0 Å². The van der Waals surface area contributed by atoms with Gasteiger partial charge in [0, 0.05) is 31.1 Å². The highest BCUT2D eigenvalue weighted by atomic mass is 16.6. The number of ether oxygens (including phenoxy) is 1. The Hall–Kier alpha value is -1.94. The van der Waals surface area contributed by atoms with Gasteiger partial charge in [0.1, 0.15) is 23.1 Å². The summed E-state index contributed by atoms with van der Waals surface area (Å²) in [5.74, 6) is -3.43. The first-order valence-electron chi connectivity index (χ1n) is 14.8. The number of aliphatic hydroxyl groups excluding tert-OH is 3. The first-order chi connectivity index (χ1) is 18.6. The Morgan fingerprint density at radius 1 is 1.07 bits per heavy atom. The van der Waals surface area contributed by atoms with Crippen LogP contribution in [0.1, 0.15) is 93.9 Å². The Bertz CT molecular complexity index is 1180. The summed E-state index contributed by atoms with van der Waals surface area (Å²) in [6.45, 7) is 13.0. The molecule has 0 aromatic carbocycles. The zero-order valence-electron chi connectivity index (χ0n) is 25.7. The number of aliphatic hydroxyl groups is 4. The average Bonchev–Trinajstić information content (AvgIpc) is 3.05. The van der Waals surface area contributed by atoms with Crippen LogP contribution in [-0.4, -0.2) is 73.8 Å². The summed E-state index contributed by atoms with van der Waals surface area (Å²) in [6.07, 6.45) is 0.323. The van der Waals surface area contributed by atoms with E-state index >= 15 is 0 Å². The van der Waals surface area contributed by atoms with Gasteiger partial charge in [-0.1, -0.05) is 25.5 Å². The van der Waals surface area contributed by atoms with Gasteiger partial charge in [-0.2, -0.15) is 0 Å². The number of hydrogen-bond acceptors (Lipinski definition) is 9. The first-order valence-corrected chi connectivity index (χ1v) is 14.8. The van der Waals surface area contributed by atoms with Crippen molar-refractivity contribution in [1.82, 2.24) is 0 Å². The molecule has 0 aromatic rings. The largest absolute Gasteiger partial charge is 0.460 e. The molecule has 4 aliphatic rings. The van der Waals surface area contributed by atoms with Gasteiger partial charge in [-0.15, -0.1) is 0 Å². The quantitative estimate of drug-likeness (QED) is 0.264. The van der Waals surface area contributed by atoms with Crippen LogP contribution in [0.5, 0.6) is 0 Å². The van der Waals surface area contributed by atoms with E-state index in [4.69, 9.17) is 4.74 Å². The monoisotopic (exact) mass is 576 g/mol. The van der Waals surface area contributed by atoms with Gasteiger partial charge in [-0.25, -0.2) is 0 Å². The Kier molecular flexibility index (Phi) is 7.64. The highest BCUT2D eigenvalue weighted by molar-refractivity contribution is 5.95. The zero-order chi connectivity index (χ0) is 31.1. The second-order valence-electron chi connectivity index (χ2n) is 15.0. The number of allylic oxidation sites excluding steroid dienone is 2. The maximum atomic E-state index is 14.4. The lowest BCUT2D eigenvalue weighted by Crippen LogP contribution is -2.67. The third-order valence-electron chi connectivity index (χ3n) is 11.9. The molecule has 9 heteroatoms. The lowest BCUT2D eigenvalue weighted by atomic mass is 9.38. The molecule has 9 atom stereocenters. The average molecular weight is 577 g/mol. The van der Waals surface area contributed by atoms with Crippen molar-refractivity contribution in [2.75, 3.05) is 6.61 Å². The van der Waals surface area contributed by atoms with Crippen LogP contribution in [0.2, 0.25) is 0 Å². The summed E-state index contributed by atoms with van der Waals surface area (Å²) < 4.78 is 5.30. The molecule has 0 spiro atoms. The molecule has 4 rings (SSSR count). The van der Waals surface area contributed by atoms with Gasteiger partial charge in [-0.05, 0) is 83.0 Å². The van der Waals surface area contributed by atoms with Crippen LogP contribution in [0.25, 0.3) is 0 Å². The van der Waals surface area contributed by atoms with E-state index < -0.39 is 81.2 Å². The fourth-order valence-corrected chi connectivity index (χ4v) is 9.75. The fraction of sp³-hybridized carbons (Fsp3) is 0.812. The molecule has 4 aliphatic carbocycles. The molecule has 0 bridgehead atoms. The first kappa shape index (κ1) is 32.0. The van der Waals surface area contributed by atoms with Crippen LogP contribution in [-0.2, 0) is 23.9 Å². The topological polar surface area (TPSA) is 158 Å². The number of fused-ring (bicyclic) bond motifs is 5. The van der Waals surface area contributed by atoms with Crippen molar-refractivity contribution in [2.24, 2.45) is 39.4 Å². The minimum absolute atomic E-state index is 0.0456. The fourth-order valence-electron chi connectivity index (χ4n) is 9.75. The Labute approximate surface area is 242 Å². The molecule has 3 fully saturated rings. The molecular formula is C32H48O9. The molecular weight excluding hydrogens is 528 g/mol. The summed E-state index contributed by atoms with van der Waals surface area (Å²) in [5.41, 5.74) is -6.09. The molecule has 9 nitrogen and oxygen atoms in total. The van der Waals surface area contributed by atoms with E-state index in [0.29, 0.717) is 6.42 Å². The molecule has 0 radical (unpaired) electrons. The molecule has 41 heavy (non-hydrogen) atoms. The lowest BCUT2D eigenvalue weighted by Gasteiger charge is -2.64. The number of esters is 1. The SMILES string of the molecule is CC(=O)OC(C)(C)CCC(=O)C(C)(O)C1C(O)CC2(C)C3CC=C4C(CC(O)C(=O)C4(C)C)C3(CO)C(=O)CC12C. The van der Waals surface area contributed by atoms with Crippen molar-refractivity contribution in [1.29, 1.82) is 0 Å². The van der Waals surface area contributed by atoms with Gasteiger partial charge < -0.3 is 25.2 Å². The van der Waals surface area contributed by atoms with E-state index in [2.05, 4.69) is 0 Å². The minimum Gasteiger partial charge on any atom is -0.460 e. The Morgan fingerprint density at radius 2 is 1.68 bits per heavy atom. The zero-order valence-corrected chi connectivity index (χ0v) is 25.7. The second kappa shape index (κ2) is 9.79. The molecule has 9 unspecified atom stereocenters. The van der Waals surface area contributed by atoms with Gasteiger partial charge in [0.15, 0.2) is 11.6 Å². The van der Waals surface area contributed by atoms with E-state index in [1.54, 1.807) is 27.7 Å². The highest BCUT2D eigenvalue weighted by Crippen LogP contribution is 2.74. The van der Waals surface area contributed by atoms with Crippen LogP contribution < -0.4 is 0 Å². The summed E-state index contributed by atoms with van der Waals surface area (Å²) >= 11 is 0. The Morgan fingerprint density at radius 3 is 2.24 bits per heavy atom. The van der Waals surface area contributed by atoms with Gasteiger partial charge >= 0.3 is 5.97 Å². The smallest absolute Gasteiger partial charge is 0.303 e. The number of rotatable bonds is 7. The van der Waals surface area contributed by atoms with Gasteiger partial charge in [-0.3, -0.25) is 19.2 Å². The summed E-state index contributed by atoms with van der Waals surface area (Å²) in [7, 11) is 0. The lowest BCUT2D eigenvalue weighted by molar-refractivity contribution is -0.193.